The van der Waals surface area contributed by atoms with Crippen molar-refractivity contribution in [3.63, 3.8) is 0 Å². The first kappa shape index (κ1) is 10.1. The molecule has 1 aliphatic rings. The second-order valence-corrected chi connectivity index (χ2v) is 5.29. The van der Waals surface area contributed by atoms with E-state index in [1.54, 1.807) is 0 Å². The molecule has 0 aromatic heterocycles. The van der Waals surface area contributed by atoms with Gasteiger partial charge in [0.05, 0.1) is 6.10 Å². The fourth-order valence-electron chi connectivity index (χ4n) is 1.75. The summed E-state index contributed by atoms with van der Waals surface area (Å²) in [6.45, 7) is 4.09. The first-order valence-electron chi connectivity index (χ1n) is 5.12. The summed E-state index contributed by atoms with van der Waals surface area (Å²) in [5.41, 5.74) is 2.50. The van der Waals surface area contributed by atoms with Gasteiger partial charge in [0.25, 0.3) is 0 Å². The van der Waals surface area contributed by atoms with Crippen molar-refractivity contribution >= 4 is 11.8 Å². The molecule has 1 atom stereocenters. The molecule has 1 nitrogen and oxygen atoms in total. The number of rotatable bonds is 2. The Bertz CT molecular complexity index is 333. The maximum Gasteiger partial charge on any atom is 0.0813 e. The van der Waals surface area contributed by atoms with Gasteiger partial charge >= 0.3 is 0 Å². The third-order valence-corrected chi connectivity index (χ3v) is 3.79. The van der Waals surface area contributed by atoms with E-state index in [-0.39, 0.29) is 6.10 Å². The summed E-state index contributed by atoms with van der Waals surface area (Å²) in [6.07, 6.45) is 0.861. The molecule has 0 saturated carbocycles. The highest BCUT2D eigenvalue weighted by Gasteiger charge is 2.16. The number of thioether (sulfide) groups is 1. The van der Waals surface area contributed by atoms with E-state index in [1.165, 1.54) is 22.6 Å². The Morgan fingerprint density at radius 1 is 1.36 bits per heavy atom. The highest BCUT2D eigenvalue weighted by atomic mass is 32.2. The lowest BCUT2D eigenvalue weighted by Gasteiger charge is -2.15. The molecule has 1 heterocycles. The zero-order chi connectivity index (χ0) is 10.1. The number of hydrogen-bond acceptors (Lipinski definition) is 2. The molecule has 1 unspecified atom stereocenters. The largest absolute Gasteiger partial charge is 0.388 e. The van der Waals surface area contributed by atoms with Gasteiger partial charge in [-0.3, -0.25) is 0 Å². The predicted octanol–water partition coefficient (Wildman–Crippen LogP) is 3.02. The van der Waals surface area contributed by atoms with Gasteiger partial charge in [0.15, 0.2) is 0 Å². The van der Waals surface area contributed by atoms with Gasteiger partial charge in [-0.25, -0.2) is 0 Å². The van der Waals surface area contributed by atoms with Crippen molar-refractivity contribution in [3.05, 3.63) is 29.3 Å². The molecule has 2 heteroatoms. The van der Waals surface area contributed by atoms with E-state index in [0.29, 0.717) is 5.92 Å². The lowest BCUT2D eigenvalue weighted by molar-refractivity contribution is 0.126. The van der Waals surface area contributed by atoms with E-state index in [2.05, 4.69) is 18.2 Å². The highest BCUT2D eigenvalue weighted by Crippen LogP contribution is 2.34. The van der Waals surface area contributed by atoms with Crippen molar-refractivity contribution < 1.29 is 5.11 Å². The second-order valence-electron chi connectivity index (χ2n) is 4.15. The number of aryl methyl sites for hydroxylation is 1. The van der Waals surface area contributed by atoms with Crippen molar-refractivity contribution in [1.82, 2.24) is 0 Å². The minimum atomic E-state index is -0.318. The molecule has 2 rings (SSSR count). The highest BCUT2D eigenvalue weighted by molar-refractivity contribution is 7.99. The summed E-state index contributed by atoms with van der Waals surface area (Å²) < 4.78 is 0. The lowest BCUT2D eigenvalue weighted by Crippen LogP contribution is -2.05. The summed E-state index contributed by atoms with van der Waals surface area (Å²) in [4.78, 5) is 1.36. The van der Waals surface area contributed by atoms with E-state index in [1.807, 2.05) is 25.6 Å². The summed E-state index contributed by atoms with van der Waals surface area (Å²) >= 11 is 1.90. The van der Waals surface area contributed by atoms with Crippen molar-refractivity contribution in [1.29, 1.82) is 0 Å². The standard InChI is InChI=1S/C12H16OS/c1-8(2)12(13)10-4-3-9-5-6-14-11(9)7-10/h3-4,7-8,12-13H,5-6H2,1-2H3. The van der Waals surface area contributed by atoms with Crippen molar-refractivity contribution in [2.24, 2.45) is 5.92 Å². The third-order valence-electron chi connectivity index (χ3n) is 2.69. The van der Waals surface area contributed by atoms with Crippen LogP contribution in [0.4, 0.5) is 0 Å². The molecular weight excluding hydrogens is 192 g/mol. The summed E-state index contributed by atoms with van der Waals surface area (Å²) in [7, 11) is 0. The van der Waals surface area contributed by atoms with Crippen molar-refractivity contribution in [2.75, 3.05) is 5.75 Å². The number of fused-ring (bicyclic) bond motifs is 1. The molecule has 14 heavy (non-hydrogen) atoms. The van der Waals surface area contributed by atoms with Gasteiger partial charge in [-0.1, -0.05) is 26.0 Å². The predicted molar refractivity (Wildman–Crippen MR) is 60.7 cm³/mol. The molecule has 0 aliphatic carbocycles. The van der Waals surface area contributed by atoms with E-state index < -0.39 is 0 Å². The third kappa shape index (κ3) is 1.82. The molecule has 1 aromatic rings. The maximum atomic E-state index is 9.92. The Kier molecular flexibility index (Phi) is 2.84. The molecule has 1 N–H and O–H groups in total. The van der Waals surface area contributed by atoms with Gasteiger partial charge in [-0.05, 0) is 29.5 Å². The molecular formula is C12H16OS. The Hall–Kier alpha value is -0.470. The molecule has 1 aromatic carbocycles. The molecule has 0 saturated heterocycles. The first-order valence-corrected chi connectivity index (χ1v) is 6.10. The number of hydrogen-bond donors (Lipinski definition) is 1. The monoisotopic (exact) mass is 208 g/mol. The van der Waals surface area contributed by atoms with Crippen LogP contribution in [0.15, 0.2) is 23.1 Å². The quantitative estimate of drug-likeness (QED) is 0.806. The van der Waals surface area contributed by atoms with Crippen LogP contribution in [0, 0.1) is 5.92 Å². The molecule has 0 bridgehead atoms. The van der Waals surface area contributed by atoms with Gasteiger partial charge in [0.1, 0.15) is 0 Å². The zero-order valence-corrected chi connectivity index (χ0v) is 9.47. The van der Waals surface area contributed by atoms with Gasteiger partial charge in [0, 0.05) is 10.6 Å². The van der Waals surface area contributed by atoms with Gasteiger partial charge in [-0.15, -0.1) is 11.8 Å². The zero-order valence-electron chi connectivity index (χ0n) is 8.66. The number of aliphatic hydroxyl groups excluding tert-OH is 1. The number of aliphatic hydroxyl groups is 1. The van der Waals surface area contributed by atoms with E-state index in [4.69, 9.17) is 0 Å². The summed E-state index contributed by atoms with van der Waals surface area (Å²) in [5, 5.41) is 9.92. The van der Waals surface area contributed by atoms with E-state index in [9.17, 15) is 5.11 Å². The van der Waals surface area contributed by atoms with Crippen molar-refractivity contribution in [2.45, 2.75) is 31.3 Å². The first-order chi connectivity index (χ1) is 6.68. The summed E-state index contributed by atoms with van der Waals surface area (Å²) in [6, 6.07) is 6.38. The molecule has 1 aliphatic heterocycles. The Labute approximate surface area is 89.5 Å². The van der Waals surface area contributed by atoms with Crippen molar-refractivity contribution in [3.8, 4) is 0 Å². The Morgan fingerprint density at radius 2 is 2.14 bits per heavy atom. The van der Waals surface area contributed by atoms with Gasteiger partial charge in [-0.2, -0.15) is 0 Å². The van der Waals surface area contributed by atoms with Crippen LogP contribution >= 0.6 is 11.8 Å². The topological polar surface area (TPSA) is 20.2 Å². The summed E-state index contributed by atoms with van der Waals surface area (Å²) in [5.74, 6) is 1.48. The Morgan fingerprint density at radius 3 is 2.86 bits per heavy atom. The van der Waals surface area contributed by atoms with Crippen LogP contribution in [0.5, 0.6) is 0 Å². The fraction of sp³-hybridized carbons (Fsp3) is 0.500. The van der Waals surface area contributed by atoms with Crippen LogP contribution in [0.1, 0.15) is 31.1 Å². The minimum absolute atomic E-state index is 0.291. The maximum absolute atomic E-state index is 9.92. The van der Waals surface area contributed by atoms with Crippen LogP contribution in [0.3, 0.4) is 0 Å². The average Bonchev–Trinajstić information content (AvgIpc) is 2.62. The SMILES string of the molecule is CC(C)C(O)c1ccc2c(c1)SCC2. The average molecular weight is 208 g/mol. The molecule has 0 spiro atoms. The number of benzene rings is 1. The van der Waals surface area contributed by atoms with Gasteiger partial charge in [0.2, 0.25) is 0 Å². The fourth-order valence-corrected chi connectivity index (χ4v) is 2.87. The Balaban J connectivity index is 2.28. The van der Waals surface area contributed by atoms with Crippen LogP contribution in [-0.2, 0) is 6.42 Å². The normalized spacial score (nSPS) is 17.1. The van der Waals surface area contributed by atoms with Crippen LogP contribution < -0.4 is 0 Å². The molecule has 0 fully saturated rings. The lowest BCUT2D eigenvalue weighted by atomic mass is 9.98. The van der Waals surface area contributed by atoms with Gasteiger partial charge < -0.3 is 5.11 Å². The van der Waals surface area contributed by atoms with Crippen LogP contribution in [0.2, 0.25) is 0 Å². The smallest absolute Gasteiger partial charge is 0.0813 e. The van der Waals surface area contributed by atoms with E-state index >= 15 is 0 Å². The molecule has 0 radical (unpaired) electrons. The van der Waals surface area contributed by atoms with E-state index in [0.717, 1.165) is 5.56 Å². The van der Waals surface area contributed by atoms with Crippen LogP contribution in [-0.4, -0.2) is 10.9 Å². The molecule has 0 amide bonds. The minimum Gasteiger partial charge on any atom is -0.388 e. The molecule has 76 valence electrons. The second kappa shape index (κ2) is 3.95. The van der Waals surface area contributed by atoms with Crippen LogP contribution in [0.25, 0.3) is 0 Å².